The molecule has 0 saturated carbocycles. The molecule has 27 heavy (non-hydrogen) atoms. The number of amides is 1. The quantitative estimate of drug-likeness (QED) is 0.401. The monoisotopic (exact) mass is 380 g/mol. The number of benzene rings is 1. The van der Waals surface area contributed by atoms with Crippen LogP contribution in [0, 0.1) is 17.0 Å². The maximum atomic E-state index is 12.8. The van der Waals surface area contributed by atoms with E-state index in [1.807, 2.05) is 13.8 Å². The zero-order chi connectivity index (χ0) is 20.0. The zero-order valence-corrected chi connectivity index (χ0v) is 16.1. The number of aliphatic hydroxyl groups is 1. The van der Waals surface area contributed by atoms with Gasteiger partial charge in [0, 0.05) is 13.0 Å². The highest BCUT2D eigenvalue weighted by Crippen LogP contribution is 2.31. The molecule has 0 radical (unpaired) electrons. The van der Waals surface area contributed by atoms with Crippen molar-refractivity contribution in [2.24, 2.45) is 0 Å². The van der Waals surface area contributed by atoms with Gasteiger partial charge in [-0.1, -0.05) is 0 Å². The molecule has 1 heterocycles. The van der Waals surface area contributed by atoms with E-state index in [0.29, 0.717) is 43.9 Å². The number of carbonyl (C=O) groups is 1. The van der Waals surface area contributed by atoms with Crippen molar-refractivity contribution in [3.63, 3.8) is 0 Å². The molecule has 8 heteroatoms. The molecule has 2 rings (SSSR count). The van der Waals surface area contributed by atoms with Gasteiger partial charge < -0.3 is 19.5 Å². The van der Waals surface area contributed by atoms with Crippen LogP contribution in [-0.4, -0.2) is 59.3 Å². The standard InChI is InChI=1S/C19H28N2O6/c1-13(2)26-8-5-9-27-18-11-17(21(24)25)16(10-14(18)3)19(23)20-7-4-6-15(20)12-22/h10-11,13,15,22H,4-9,12H2,1-3H3/t15-/m0/s1. The number of aliphatic hydroxyl groups excluding tert-OH is 1. The number of hydrogen-bond acceptors (Lipinski definition) is 6. The molecule has 1 aliphatic heterocycles. The number of aryl methyl sites for hydroxylation is 1. The summed E-state index contributed by atoms with van der Waals surface area (Å²) in [5.74, 6) is -0.0267. The van der Waals surface area contributed by atoms with Gasteiger partial charge in [0.05, 0.1) is 43.0 Å². The zero-order valence-electron chi connectivity index (χ0n) is 16.1. The van der Waals surface area contributed by atoms with Gasteiger partial charge in [-0.15, -0.1) is 0 Å². The molecule has 0 aliphatic carbocycles. The predicted molar refractivity (Wildman–Crippen MR) is 100 cm³/mol. The van der Waals surface area contributed by atoms with E-state index in [4.69, 9.17) is 9.47 Å². The lowest BCUT2D eigenvalue weighted by Crippen LogP contribution is -2.37. The molecule has 1 aliphatic rings. The highest BCUT2D eigenvalue weighted by atomic mass is 16.6. The van der Waals surface area contributed by atoms with Gasteiger partial charge in [0.2, 0.25) is 0 Å². The molecule has 8 nitrogen and oxygen atoms in total. The molecule has 0 aromatic heterocycles. The van der Waals surface area contributed by atoms with Crippen LogP contribution in [0.25, 0.3) is 0 Å². The minimum Gasteiger partial charge on any atom is -0.493 e. The SMILES string of the molecule is Cc1cc(C(=O)N2CCC[C@H]2CO)c([N+](=O)[O-])cc1OCCCOC(C)C. The molecule has 1 saturated heterocycles. The lowest BCUT2D eigenvalue weighted by molar-refractivity contribution is -0.385. The molecule has 1 aromatic rings. The molecule has 0 spiro atoms. The van der Waals surface area contributed by atoms with Gasteiger partial charge in [-0.25, -0.2) is 0 Å². The number of hydrogen-bond donors (Lipinski definition) is 1. The van der Waals surface area contributed by atoms with Crippen LogP contribution < -0.4 is 4.74 Å². The lowest BCUT2D eigenvalue weighted by Gasteiger charge is -2.23. The molecule has 1 fully saturated rings. The van der Waals surface area contributed by atoms with E-state index in [1.54, 1.807) is 6.92 Å². The van der Waals surface area contributed by atoms with Crippen molar-refractivity contribution in [3.8, 4) is 5.75 Å². The molecular weight excluding hydrogens is 352 g/mol. The number of nitro benzene ring substituents is 1. The molecule has 1 amide bonds. The highest BCUT2D eigenvalue weighted by Gasteiger charge is 2.33. The van der Waals surface area contributed by atoms with Crippen molar-refractivity contribution in [3.05, 3.63) is 33.4 Å². The van der Waals surface area contributed by atoms with Crippen molar-refractivity contribution in [1.29, 1.82) is 0 Å². The van der Waals surface area contributed by atoms with E-state index in [9.17, 15) is 20.0 Å². The first-order valence-corrected chi connectivity index (χ1v) is 9.30. The molecule has 1 atom stereocenters. The number of carbonyl (C=O) groups excluding carboxylic acids is 1. The second-order valence-corrected chi connectivity index (χ2v) is 6.99. The Bertz CT molecular complexity index is 676. The van der Waals surface area contributed by atoms with Crippen LogP contribution in [0.2, 0.25) is 0 Å². The summed E-state index contributed by atoms with van der Waals surface area (Å²) in [6, 6.07) is 2.54. The van der Waals surface area contributed by atoms with E-state index < -0.39 is 10.8 Å². The Labute approximate surface area is 159 Å². The fourth-order valence-corrected chi connectivity index (χ4v) is 3.16. The van der Waals surface area contributed by atoms with E-state index in [0.717, 1.165) is 6.42 Å². The topological polar surface area (TPSA) is 102 Å². The van der Waals surface area contributed by atoms with Crippen molar-refractivity contribution in [2.75, 3.05) is 26.4 Å². The second-order valence-electron chi connectivity index (χ2n) is 6.99. The van der Waals surface area contributed by atoms with Crippen LogP contribution in [0.15, 0.2) is 12.1 Å². The van der Waals surface area contributed by atoms with E-state index in [1.165, 1.54) is 17.0 Å². The smallest absolute Gasteiger partial charge is 0.285 e. The summed E-state index contributed by atoms with van der Waals surface area (Å²) in [4.78, 5) is 25.3. The number of rotatable bonds is 9. The Hall–Kier alpha value is -2.19. The van der Waals surface area contributed by atoms with E-state index in [-0.39, 0.29) is 30.0 Å². The number of likely N-dealkylation sites (tertiary alicyclic amines) is 1. The first kappa shape index (κ1) is 21.1. The molecule has 1 aromatic carbocycles. The normalized spacial score (nSPS) is 16.8. The van der Waals surface area contributed by atoms with Crippen LogP contribution in [0.4, 0.5) is 5.69 Å². The van der Waals surface area contributed by atoms with Gasteiger partial charge in [0.25, 0.3) is 11.6 Å². The third-order valence-corrected chi connectivity index (χ3v) is 4.57. The van der Waals surface area contributed by atoms with Gasteiger partial charge in [0.15, 0.2) is 0 Å². The van der Waals surface area contributed by atoms with Gasteiger partial charge in [-0.05, 0) is 45.2 Å². The molecule has 150 valence electrons. The lowest BCUT2D eigenvalue weighted by atomic mass is 10.1. The molecular formula is C19H28N2O6. The average molecular weight is 380 g/mol. The summed E-state index contributed by atoms with van der Waals surface area (Å²) >= 11 is 0. The Balaban J connectivity index is 2.15. The molecule has 0 unspecified atom stereocenters. The summed E-state index contributed by atoms with van der Waals surface area (Å²) in [7, 11) is 0. The van der Waals surface area contributed by atoms with Crippen molar-refractivity contribution >= 4 is 11.6 Å². The fourth-order valence-electron chi connectivity index (χ4n) is 3.16. The van der Waals surface area contributed by atoms with Gasteiger partial charge in [-0.2, -0.15) is 0 Å². The Morgan fingerprint density at radius 1 is 1.41 bits per heavy atom. The van der Waals surface area contributed by atoms with Crippen LogP contribution in [0.3, 0.4) is 0 Å². The Morgan fingerprint density at radius 3 is 2.78 bits per heavy atom. The van der Waals surface area contributed by atoms with Crippen molar-refractivity contribution in [1.82, 2.24) is 4.90 Å². The minimum absolute atomic E-state index is 0.0355. The third kappa shape index (κ3) is 5.40. The number of nitrogens with zero attached hydrogens (tertiary/aromatic N) is 2. The first-order chi connectivity index (χ1) is 12.8. The Kier molecular flexibility index (Phi) is 7.55. The van der Waals surface area contributed by atoms with Crippen LogP contribution in [0.1, 0.15) is 49.0 Å². The first-order valence-electron chi connectivity index (χ1n) is 9.30. The molecule has 1 N–H and O–H groups in total. The number of ether oxygens (including phenoxy) is 2. The van der Waals surface area contributed by atoms with Crippen molar-refractivity contribution < 1.29 is 24.3 Å². The second kappa shape index (κ2) is 9.66. The summed E-state index contributed by atoms with van der Waals surface area (Å²) in [6.07, 6.45) is 2.29. The fraction of sp³-hybridized carbons (Fsp3) is 0.632. The third-order valence-electron chi connectivity index (χ3n) is 4.57. The van der Waals surface area contributed by atoms with Gasteiger partial charge >= 0.3 is 0 Å². The van der Waals surface area contributed by atoms with Crippen LogP contribution in [-0.2, 0) is 4.74 Å². The Morgan fingerprint density at radius 2 is 2.15 bits per heavy atom. The van der Waals surface area contributed by atoms with E-state index >= 15 is 0 Å². The minimum atomic E-state index is -0.564. The summed E-state index contributed by atoms with van der Waals surface area (Å²) in [5, 5.41) is 20.9. The summed E-state index contributed by atoms with van der Waals surface area (Å²) in [6.45, 7) is 6.93. The van der Waals surface area contributed by atoms with Gasteiger partial charge in [0.1, 0.15) is 11.3 Å². The molecule has 0 bridgehead atoms. The maximum Gasteiger partial charge on any atom is 0.285 e. The highest BCUT2D eigenvalue weighted by molar-refractivity contribution is 5.99. The van der Waals surface area contributed by atoms with Gasteiger partial charge in [-0.3, -0.25) is 14.9 Å². The van der Waals surface area contributed by atoms with Crippen LogP contribution in [0.5, 0.6) is 5.75 Å². The summed E-state index contributed by atoms with van der Waals surface area (Å²) in [5.41, 5.74) is 0.421. The number of nitro groups is 1. The van der Waals surface area contributed by atoms with E-state index in [2.05, 4.69) is 0 Å². The predicted octanol–water partition coefficient (Wildman–Crippen LogP) is 2.69. The average Bonchev–Trinajstić information content (AvgIpc) is 3.09. The maximum absolute atomic E-state index is 12.8. The van der Waals surface area contributed by atoms with Crippen LogP contribution >= 0.6 is 0 Å². The summed E-state index contributed by atoms with van der Waals surface area (Å²) < 4.78 is 11.1. The van der Waals surface area contributed by atoms with Crippen molar-refractivity contribution in [2.45, 2.75) is 52.2 Å². The largest absolute Gasteiger partial charge is 0.493 e.